The van der Waals surface area contributed by atoms with Crippen molar-refractivity contribution in [1.82, 2.24) is 10.2 Å². The van der Waals surface area contributed by atoms with Crippen molar-refractivity contribution in [2.45, 2.75) is 37.4 Å². The number of aliphatic hydroxyl groups is 2. The number of aromatic amines is 1. The molecule has 0 radical (unpaired) electrons. The summed E-state index contributed by atoms with van der Waals surface area (Å²) >= 11 is 6.17. The van der Waals surface area contributed by atoms with E-state index in [4.69, 9.17) is 11.6 Å². The van der Waals surface area contributed by atoms with E-state index in [1.54, 1.807) is 6.20 Å². The van der Waals surface area contributed by atoms with Crippen molar-refractivity contribution < 1.29 is 10.2 Å². The van der Waals surface area contributed by atoms with Crippen LogP contribution in [0.3, 0.4) is 0 Å². The summed E-state index contributed by atoms with van der Waals surface area (Å²) in [4.78, 5) is 0. The van der Waals surface area contributed by atoms with Crippen molar-refractivity contribution in [1.29, 1.82) is 0 Å². The topological polar surface area (TPSA) is 69.1 Å². The zero-order valence-electron chi connectivity index (χ0n) is 11.0. The van der Waals surface area contributed by atoms with Crippen LogP contribution >= 0.6 is 11.6 Å². The molecule has 2 aliphatic rings. The molecule has 0 saturated heterocycles. The zero-order chi connectivity index (χ0) is 13.9. The first-order valence-electron chi connectivity index (χ1n) is 7.09. The lowest BCUT2D eigenvalue weighted by molar-refractivity contribution is 0.0304. The summed E-state index contributed by atoms with van der Waals surface area (Å²) in [6, 6.07) is 3.69. The van der Waals surface area contributed by atoms with Crippen LogP contribution in [-0.4, -0.2) is 26.5 Å². The van der Waals surface area contributed by atoms with Crippen molar-refractivity contribution in [3.05, 3.63) is 28.9 Å². The van der Waals surface area contributed by atoms with Gasteiger partial charge in [0.1, 0.15) is 0 Å². The molecular weight excluding hydrogens is 276 g/mol. The molecule has 1 heterocycles. The number of rotatable bonds is 1. The van der Waals surface area contributed by atoms with Gasteiger partial charge in [-0.05, 0) is 55.2 Å². The predicted molar refractivity (Wildman–Crippen MR) is 76.5 cm³/mol. The Bertz CT molecular complexity index is 655. The average molecular weight is 293 g/mol. The number of aromatic nitrogens is 2. The molecule has 20 heavy (non-hydrogen) atoms. The molecule has 2 saturated carbocycles. The first-order chi connectivity index (χ1) is 9.55. The fourth-order valence-corrected chi connectivity index (χ4v) is 4.47. The Morgan fingerprint density at radius 1 is 1.25 bits per heavy atom. The minimum Gasteiger partial charge on any atom is -0.393 e. The molecule has 0 bridgehead atoms. The van der Waals surface area contributed by atoms with Crippen LogP contribution < -0.4 is 0 Å². The maximum absolute atomic E-state index is 11.1. The second-order valence-corrected chi connectivity index (χ2v) is 6.81. The summed E-state index contributed by atoms with van der Waals surface area (Å²) in [5.74, 6) is 0.826. The van der Waals surface area contributed by atoms with Crippen molar-refractivity contribution in [2.24, 2.45) is 11.8 Å². The minimum atomic E-state index is -0.845. The lowest BCUT2D eigenvalue weighted by atomic mass is 9.87. The van der Waals surface area contributed by atoms with Crippen LogP contribution in [0, 0.1) is 11.8 Å². The van der Waals surface area contributed by atoms with Gasteiger partial charge in [-0.25, -0.2) is 0 Å². The number of H-pyrrole nitrogens is 1. The minimum absolute atomic E-state index is 0.192. The molecular formula is C15H17ClN2O2. The van der Waals surface area contributed by atoms with Crippen molar-refractivity contribution >= 4 is 22.5 Å². The van der Waals surface area contributed by atoms with Gasteiger partial charge in [0.05, 0.1) is 23.4 Å². The molecule has 106 valence electrons. The van der Waals surface area contributed by atoms with E-state index in [1.807, 2.05) is 12.1 Å². The first kappa shape index (κ1) is 12.6. The van der Waals surface area contributed by atoms with E-state index in [2.05, 4.69) is 10.2 Å². The van der Waals surface area contributed by atoms with Crippen LogP contribution in [0.5, 0.6) is 0 Å². The Balaban J connectivity index is 1.78. The van der Waals surface area contributed by atoms with E-state index in [0.29, 0.717) is 29.7 Å². The van der Waals surface area contributed by atoms with E-state index >= 15 is 0 Å². The number of nitrogens with one attached hydrogen (secondary N) is 1. The molecule has 0 unspecified atom stereocenters. The predicted octanol–water partition coefficient (Wildman–Crippen LogP) is 2.58. The third-order valence-electron chi connectivity index (χ3n) is 5.04. The molecule has 3 N–H and O–H groups in total. The maximum Gasteiger partial charge on any atom is 0.0909 e. The van der Waals surface area contributed by atoms with E-state index in [1.165, 1.54) is 0 Å². The molecule has 4 nitrogen and oxygen atoms in total. The van der Waals surface area contributed by atoms with Gasteiger partial charge in [-0.15, -0.1) is 0 Å². The molecule has 0 spiro atoms. The highest BCUT2D eigenvalue weighted by Gasteiger charge is 2.49. The van der Waals surface area contributed by atoms with Gasteiger partial charge in [0, 0.05) is 10.4 Å². The number of fused-ring (bicyclic) bond motifs is 2. The zero-order valence-corrected chi connectivity index (χ0v) is 11.8. The summed E-state index contributed by atoms with van der Waals surface area (Å²) in [7, 11) is 0. The quantitative estimate of drug-likeness (QED) is 0.757. The number of benzene rings is 1. The van der Waals surface area contributed by atoms with Gasteiger partial charge >= 0.3 is 0 Å². The fourth-order valence-electron chi connectivity index (χ4n) is 4.25. The Hall–Kier alpha value is -1.10. The van der Waals surface area contributed by atoms with Crippen LogP contribution in [0.1, 0.15) is 31.2 Å². The summed E-state index contributed by atoms with van der Waals surface area (Å²) < 4.78 is 0. The number of halogens is 1. The average Bonchev–Trinajstić information content (AvgIpc) is 3.01. The molecule has 2 aromatic rings. The van der Waals surface area contributed by atoms with Gasteiger partial charge in [-0.2, -0.15) is 5.10 Å². The van der Waals surface area contributed by atoms with E-state index in [9.17, 15) is 10.2 Å². The SMILES string of the molecule is O[C@@H]1C[C@@H]2C[C@@](O)(c3cc(Cl)cc4[nH]ncc34)C[C@@H]2C1. The molecule has 4 rings (SSSR count). The van der Waals surface area contributed by atoms with Crippen LogP contribution in [0.2, 0.25) is 5.02 Å². The number of hydrogen-bond donors (Lipinski definition) is 3. The second kappa shape index (κ2) is 4.20. The smallest absolute Gasteiger partial charge is 0.0909 e. The molecule has 0 aliphatic heterocycles. The monoisotopic (exact) mass is 292 g/mol. The third kappa shape index (κ3) is 1.79. The second-order valence-electron chi connectivity index (χ2n) is 6.37. The van der Waals surface area contributed by atoms with Crippen molar-refractivity contribution in [3.63, 3.8) is 0 Å². The van der Waals surface area contributed by atoms with Gasteiger partial charge in [0.25, 0.3) is 0 Å². The lowest BCUT2D eigenvalue weighted by Gasteiger charge is -2.25. The summed E-state index contributed by atoms with van der Waals surface area (Å²) in [5.41, 5.74) is 0.887. The number of hydrogen-bond acceptors (Lipinski definition) is 3. The van der Waals surface area contributed by atoms with Crippen LogP contribution in [-0.2, 0) is 5.60 Å². The van der Waals surface area contributed by atoms with E-state index in [-0.39, 0.29) is 6.10 Å². The fraction of sp³-hybridized carbons (Fsp3) is 0.533. The lowest BCUT2D eigenvalue weighted by Crippen LogP contribution is -2.24. The van der Waals surface area contributed by atoms with Crippen molar-refractivity contribution in [2.75, 3.05) is 0 Å². The van der Waals surface area contributed by atoms with Gasteiger partial charge in [-0.1, -0.05) is 11.6 Å². The van der Waals surface area contributed by atoms with E-state index < -0.39 is 5.60 Å². The normalized spacial score (nSPS) is 36.6. The Morgan fingerprint density at radius 3 is 2.65 bits per heavy atom. The largest absolute Gasteiger partial charge is 0.393 e. The van der Waals surface area contributed by atoms with Crippen LogP contribution in [0.4, 0.5) is 0 Å². The first-order valence-corrected chi connectivity index (χ1v) is 7.46. The maximum atomic E-state index is 11.1. The molecule has 5 heteroatoms. The van der Waals surface area contributed by atoms with E-state index in [0.717, 1.165) is 29.3 Å². The van der Waals surface area contributed by atoms with Crippen LogP contribution in [0.15, 0.2) is 18.3 Å². The van der Waals surface area contributed by atoms with Gasteiger partial charge in [-0.3, -0.25) is 5.10 Å². The highest BCUT2D eigenvalue weighted by Crippen LogP contribution is 2.53. The molecule has 4 atom stereocenters. The van der Waals surface area contributed by atoms with Gasteiger partial charge < -0.3 is 10.2 Å². The standard InChI is InChI=1S/C15H17ClN2O2/c16-10-3-13(12-7-17-18-14(12)4-10)15(20)5-8-1-11(19)2-9(8)6-15/h3-4,7-9,11,19-20H,1-2,5-6H2,(H,17,18)/t8-,9+,11-,15+. The third-order valence-corrected chi connectivity index (χ3v) is 5.26. The Labute approximate surface area is 121 Å². The van der Waals surface area contributed by atoms with Gasteiger partial charge in [0.15, 0.2) is 0 Å². The molecule has 2 fully saturated rings. The molecule has 0 amide bonds. The van der Waals surface area contributed by atoms with Gasteiger partial charge in [0.2, 0.25) is 0 Å². The Morgan fingerprint density at radius 2 is 1.95 bits per heavy atom. The number of nitrogens with zero attached hydrogens (tertiary/aromatic N) is 1. The highest BCUT2D eigenvalue weighted by molar-refractivity contribution is 6.31. The summed E-state index contributed by atoms with van der Waals surface area (Å²) in [6.07, 6.45) is 4.58. The van der Waals surface area contributed by atoms with Crippen molar-refractivity contribution in [3.8, 4) is 0 Å². The number of aliphatic hydroxyl groups excluding tert-OH is 1. The van der Waals surface area contributed by atoms with Crippen LogP contribution in [0.25, 0.3) is 10.9 Å². The molecule has 2 aliphatic carbocycles. The summed E-state index contributed by atoms with van der Waals surface area (Å²) in [5, 5.41) is 29.4. The molecule has 1 aromatic carbocycles. The molecule has 1 aromatic heterocycles. The highest BCUT2D eigenvalue weighted by atomic mass is 35.5. The Kier molecular flexibility index (Phi) is 2.65. The summed E-state index contributed by atoms with van der Waals surface area (Å²) in [6.45, 7) is 0.